The number of fused-ring (bicyclic) bond motifs is 7. The molecule has 8 heteroatoms. The van der Waals surface area contributed by atoms with E-state index in [-0.39, 0.29) is 63.1 Å². The minimum atomic E-state index is -1.17. The largest absolute Gasteiger partial charge is 0.481 e. The van der Waals surface area contributed by atoms with Crippen LogP contribution in [0, 0.1) is 56.2 Å². The van der Waals surface area contributed by atoms with Gasteiger partial charge in [0.05, 0.1) is 11.8 Å². The minimum absolute atomic E-state index is 0.000590. The molecule has 0 unspecified atom stereocenters. The number of esters is 1. The highest BCUT2D eigenvalue weighted by Gasteiger charge is 2.70. The first-order valence-electron chi connectivity index (χ1n) is 20.2. The predicted molar refractivity (Wildman–Crippen MR) is 208 cm³/mol. The molecule has 0 aliphatic heterocycles. The number of nitrogens with zero attached hydrogens (tertiary/aromatic N) is 1. The van der Waals surface area contributed by atoms with Gasteiger partial charge in [0.25, 0.3) is 0 Å². The summed E-state index contributed by atoms with van der Waals surface area (Å²) in [4.78, 5) is 54.3. The fourth-order valence-electron chi connectivity index (χ4n) is 13.2. The van der Waals surface area contributed by atoms with Crippen LogP contribution in [0.3, 0.4) is 0 Å². The lowest BCUT2D eigenvalue weighted by molar-refractivity contribution is -0.233. The van der Waals surface area contributed by atoms with Gasteiger partial charge in [-0.05, 0) is 128 Å². The van der Waals surface area contributed by atoms with Gasteiger partial charge in [-0.15, -0.1) is 0 Å². The smallest absolute Gasteiger partial charge is 0.309 e. The van der Waals surface area contributed by atoms with Gasteiger partial charge < -0.3 is 14.7 Å². The molecule has 0 bridgehead atoms. The van der Waals surface area contributed by atoms with Crippen molar-refractivity contribution < 1.29 is 29.0 Å². The standard InChI is InChI=1S/C45H64ClNO6/c1-27(2)37-32(49)23-45(26-47(28(3)48)25-29-11-13-30(46)14-12-29)22-21-43(9)31(38(37)45)15-16-34-42(8)19-18-35(53-36(50)24-40(4,5)39(51)52)41(6,7)33(42)17-20-44(34,43)10/h11-14,27,31,33-35H,15-26H2,1-10H3,(H,51,52)/t31-,33+,34-,35+,42+,43-,44-,45+/m1/s1. The highest BCUT2D eigenvalue weighted by Crippen LogP contribution is 2.76. The molecule has 0 radical (unpaired) electrons. The summed E-state index contributed by atoms with van der Waals surface area (Å²) in [6.45, 7) is 22.4. The van der Waals surface area contributed by atoms with Crippen molar-refractivity contribution in [1.82, 2.24) is 4.90 Å². The number of Topliss-reactive ketones (excluding diaryl/α,β-unsaturated/α-hetero) is 1. The number of aliphatic carboxylic acids is 1. The third-order valence-corrected chi connectivity index (χ3v) is 16.4. The molecule has 292 valence electrons. The molecule has 1 aromatic carbocycles. The maximum Gasteiger partial charge on any atom is 0.309 e. The molecule has 0 aromatic heterocycles. The number of carbonyl (C=O) groups excluding carboxylic acids is 3. The first kappa shape index (κ1) is 40.0. The second-order valence-electron chi connectivity index (χ2n) is 20.2. The Morgan fingerprint density at radius 2 is 1.58 bits per heavy atom. The van der Waals surface area contributed by atoms with Gasteiger partial charge in [0.15, 0.2) is 5.78 Å². The quantitative estimate of drug-likeness (QED) is 0.252. The normalized spacial score (nSPS) is 36.3. The lowest BCUT2D eigenvalue weighted by Crippen LogP contribution is -2.66. The van der Waals surface area contributed by atoms with E-state index in [9.17, 15) is 24.3 Å². The summed E-state index contributed by atoms with van der Waals surface area (Å²) < 4.78 is 6.17. The van der Waals surface area contributed by atoms with Gasteiger partial charge in [-0.2, -0.15) is 0 Å². The summed E-state index contributed by atoms with van der Waals surface area (Å²) in [6, 6.07) is 7.72. The van der Waals surface area contributed by atoms with E-state index in [1.807, 2.05) is 29.2 Å². The maximum atomic E-state index is 14.2. The Labute approximate surface area is 323 Å². The second kappa shape index (κ2) is 13.5. The molecule has 1 aromatic rings. The van der Waals surface area contributed by atoms with Crippen LogP contribution in [0.1, 0.15) is 139 Å². The number of benzene rings is 1. The zero-order valence-electron chi connectivity index (χ0n) is 34.0. The molecule has 0 heterocycles. The average molecular weight is 750 g/mol. The molecule has 1 N–H and O–H groups in total. The van der Waals surface area contributed by atoms with Crippen LogP contribution >= 0.6 is 11.6 Å². The van der Waals surface area contributed by atoms with Gasteiger partial charge in [-0.25, -0.2) is 0 Å². The van der Waals surface area contributed by atoms with Crippen LogP contribution in [-0.2, 0) is 30.5 Å². The molecular formula is C45H64ClNO6. The van der Waals surface area contributed by atoms with Crippen molar-refractivity contribution in [3.05, 3.63) is 46.0 Å². The summed E-state index contributed by atoms with van der Waals surface area (Å²) in [5.41, 5.74) is 1.81. The summed E-state index contributed by atoms with van der Waals surface area (Å²) in [5, 5.41) is 10.3. The van der Waals surface area contributed by atoms with Crippen molar-refractivity contribution in [1.29, 1.82) is 0 Å². The average Bonchev–Trinajstić information content (AvgIpc) is 3.35. The van der Waals surface area contributed by atoms with Crippen LogP contribution in [0.4, 0.5) is 0 Å². The molecular weight excluding hydrogens is 686 g/mol. The van der Waals surface area contributed by atoms with Crippen LogP contribution in [0.2, 0.25) is 5.02 Å². The first-order chi connectivity index (χ1) is 24.5. The van der Waals surface area contributed by atoms with Crippen molar-refractivity contribution in [2.24, 2.45) is 56.2 Å². The number of hydrogen-bond donors (Lipinski definition) is 1. The van der Waals surface area contributed by atoms with E-state index >= 15 is 0 Å². The van der Waals surface area contributed by atoms with E-state index in [1.165, 1.54) is 5.57 Å². The number of ether oxygens (including phenoxy) is 1. The fraction of sp³-hybridized carbons (Fsp3) is 0.733. The van der Waals surface area contributed by atoms with Crippen LogP contribution in [0.25, 0.3) is 0 Å². The van der Waals surface area contributed by atoms with E-state index in [2.05, 4.69) is 48.5 Å². The number of amides is 1. The van der Waals surface area contributed by atoms with E-state index in [0.717, 1.165) is 62.5 Å². The van der Waals surface area contributed by atoms with Crippen LogP contribution in [0.15, 0.2) is 35.4 Å². The van der Waals surface area contributed by atoms with Crippen LogP contribution < -0.4 is 0 Å². The Hall–Kier alpha value is -2.67. The summed E-state index contributed by atoms with van der Waals surface area (Å²) >= 11 is 6.19. The molecule has 53 heavy (non-hydrogen) atoms. The SMILES string of the molecule is CC(=O)N(Cc1ccc(Cl)cc1)C[C@@]12CC[C@]3(C)[C@H](CC[C@@H]4[C@@]5(C)CC[C@H](OC(=O)CC(C)(C)C(=O)O)C(C)(C)[C@@H]5CC[C@]43C)C1=C(C(C)C)C(=O)C2. The van der Waals surface area contributed by atoms with Gasteiger partial charge in [-0.3, -0.25) is 19.2 Å². The van der Waals surface area contributed by atoms with E-state index in [1.54, 1.807) is 20.8 Å². The third-order valence-electron chi connectivity index (χ3n) is 16.2. The highest BCUT2D eigenvalue weighted by atomic mass is 35.5. The lowest BCUT2D eigenvalue weighted by Gasteiger charge is -2.72. The Balaban J connectivity index is 1.30. The fourth-order valence-corrected chi connectivity index (χ4v) is 13.3. The van der Waals surface area contributed by atoms with Crippen molar-refractivity contribution in [2.75, 3.05) is 6.54 Å². The molecule has 6 rings (SSSR count). The number of carboxylic acid groups (broad SMARTS) is 1. The van der Waals surface area contributed by atoms with Gasteiger partial charge in [-0.1, -0.05) is 77.8 Å². The number of rotatable bonds is 9. The predicted octanol–water partition coefficient (Wildman–Crippen LogP) is 10.1. The van der Waals surface area contributed by atoms with E-state index < -0.39 is 17.4 Å². The third kappa shape index (κ3) is 6.41. The monoisotopic (exact) mass is 749 g/mol. The summed E-state index contributed by atoms with van der Waals surface area (Å²) in [6.07, 6.45) is 8.07. The first-order valence-corrected chi connectivity index (χ1v) is 20.6. The molecule has 1 amide bonds. The number of halogens is 1. The number of carbonyl (C=O) groups is 4. The van der Waals surface area contributed by atoms with E-state index in [0.29, 0.717) is 36.4 Å². The van der Waals surface area contributed by atoms with Crippen LogP contribution in [0.5, 0.6) is 0 Å². The zero-order valence-corrected chi connectivity index (χ0v) is 34.8. The molecule has 8 atom stereocenters. The summed E-state index contributed by atoms with van der Waals surface area (Å²) in [5.74, 6) is 0.162. The molecule has 0 saturated heterocycles. The van der Waals surface area contributed by atoms with E-state index in [4.69, 9.17) is 16.3 Å². The molecule has 7 nitrogen and oxygen atoms in total. The van der Waals surface area contributed by atoms with Gasteiger partial charge >= 0.3 is 11.9 Å². The second-order valence-corrected chi connectivity index (χ2v) is 20.6. The van der Waals surface area contributed by atoms with Gasteiger partial charge in [0.1, 0.15) is 6.10 Å². The Bertz CT molecular complexity index is 1690. The van der Waals surface area contributed by atoms with Crippen molar-refractivity contribution in [2.45, 2.75) is 146 Å². The Kier molecular flexibility index (Phi) is 10.2. The number of allylic oxidation sites excluding steroid dienone is 1. The zero-order chi connectivity index (χ0) is 39.1. The summed E-state index contributed by atoms with van der Waals surface area (Å²) in [7, 11) is 0. The maximum absolute atomic E-state index is 14.2. The lowest BCUT2D eigenvalue weighted by atomic mass is 9.33. The van der Waals surface area contributed by atoms with Gasteiger partial charge in [0, 0.05) is 42.3 Å². The molecule has 4 saturated carbocycles. The Morgan fingerprint density at radius 1 is 0.925 bits per heavy atom. The molecule has 4 fully saturated rings. The number of hydrogen-bond acceptors (Lipinski definition) is 5. The minimum Gasteiger partial charge on any atom is -0.481 e. The van der Waals surface area contributed by atoms with Crippen LogP contribution in [-0.4, -0.2) is 46.3 Å². The Morgan fingerprint density at radius 3 is 2.19 bits per heavy atom. The number of ketones is 1. The van der Waals surface area contributed by atoms with Crippen molar-refractivity contribution in [3.63, 3.8) is 0 Å². The topological polar surface area (TPSA) is 101 Å². The molecule has 5 aliphatic carbocycles. The van der Waals surface area contributed by atoms with Gasteiger partial charge in [0.2, 0.25) is 5.91 Å². The molecule has 0 spiro atoms. The van der Waals surface area contributed by atoms with Crippen molar-refractivity contribution >= 4 is 35.2 Å². The van der Waals surface area contributed by atoms with Crippen molar-refractivity contribution in [3.8, 4) is 0 Å². The molecule has 5 aliphatic rings. The number of carboxylic acids is 1. The highest BCUT2D eigenvalue weighted by molar-refractivity contribution is 6.30.